The highest BCUT2D eigenvalue weighted by Crippen LogP contribution is 2.66. The zero-order chi connectivity index (χ0) is 29.4. The van der Waals surface area contributed by atoms with E-state index in [4.69, 9.17) is 0 Å². The van der Waals surface area contributed by atoms with Crippen LogP contribution in [-0.4, -0.2) is 30.6 Å². The summed E-state index contributed by atoms with van der Waals surface area (Å²) in [4.78, 5) is 30.1. The Morgan fingerprint density at radius 1 is 0.535 bits per heavy atom. The first-order valence-electron chi connectivity index (χ1n) is 14.4. The molecule has 43 heavy (non-hydrogen) atoms. The molecule has 5 aromatic carbocycles. The molecule has 6 nitrogen and oxygen atoms in total. The maximum atomic E-state index is 15.6. The van der Waals surface area contributed by atoms with Gasteiger partial charge in [-0.25, -0.2) is 4.90 Å². The predicted molar refractivity (Wildman–Crippen MR) is 173 cm³/mol. The van der Waals surface area contributed by atoms with Gasteiger partial charge in [-0.3, -0.25) is 14.2 Å². The van der Waals surface area contributed by atoms with Gasteiger partial charge < -0.3 is 9.34 Å². The van der Waals surface area contributed by atoms with Crippen molar-refractivity contribution < 1.29 is 14.2 Å². The summed E-state index contributed by atoms with van der Waals surface area (Å²) >= 11 is 0. The second kappa shape index (κ2) is 11.0. The van der Waals surface area contributed by atoms with Crippen molar-refractivity contribution in [1.82, 2.24) is 0 Å². The highest BCUT2D eigenvalue weighted by Gasteiger charge is 2.58. The van der Waals surface area contributed by atoms with Gasteiger partial charge in [0, 0.05) is 42.0 Å². The monoisotopic (exact) mass is 583 g/mol. The molecule has 0 aliphatic carbocycles. The highest BCUT2D eigenvalue weighted by molar-refractivity contribution is 7.69. The van der Waals surface area contributed by atoms with Gasteiger partial charge in [0.1, 0.15) is 5.66 Å². The molecule has 2 amide bonds. The van der Waals surface area contributed by atoms with Gasteiger partial charge in [0.15, 0.2) is 0 Å². The fraction of sp³-hybridized carbons (Fsp3) is 0.111. The van der Waals surface area contributed by atoms with Gasteiger partial charge in [0.05, 0.1) is 5.69 Å². The molecular formula is C36H30N3O3P. The lowest BCUT2D eigenvalue weighted by Crippen LogP contribution is -2.36. The van der Waals surface area contributed by atoms with E-state index in [2.05, 4.69) is 0 Å². The van der Waals surface area contributed by atoms with Crippen molar-refractivity contribution in [2.45, 2.75) is 12.1 Å². The third-order valence-electron chi connectivity index (χ3n) is 8.28. The van der Waals surface area contributed by atoms with Gasteiger partial charge >= 0.3 is 0 Å². The molecule has 5 aromatic rings. The van der Waals surface area contributed by atoms with E-state index >= 15 is 4.57 Å². The first-order valence-corrected chi connectivity index (χ1v) is 16.1. The van der Waals surface area contributed by atoms with Gasteiger partial charge in [-0.2, -0.15) is 0 Å². The Kier molecular flexibility index (Phi) is 6.92. The van der Waals surface area contributed by atoms with Crippen LogP contribution in [0, 0.1) is 0 Å². The number of carbonyl (C=O) groups excluding carboxylic acids is 2. The Labute approximate surface area is 251 Å². The van der Waals surface area contributed by atoms with Crippen LogP contribution in [0.25, 0.3) is 22.3 Å². The maximum Gasteiger partial charge on any atom is 0.275 e. The number of carbonyl (C=O) groups is 2. The number of para-hydroxylation sites is 3. The van der Waals surface area contributed by atoms with E-state index in [0.29, 0.717) is 18.8 Å². The zero-order valence-electron chi connectivity index (χ0n) is 23.5. The molecular weight excluding hydrogens is 553 g/mol. The number of amides is 2. The smallest absolute Gasteiger partial charge is 0.275 e. The number of imide groups is 1. The maximum absolute atomic E-state index is 15.6. The SMILES string of the molecule is O=C1CC(P2(=O)N(c3ccccc3)CCN2c2ccccc2)C(=O)N1c1c(-c2ccccc2)cccc1-c1ccccc1. The first kappa shape index (κ1) is 26.9. The van der Waals surface area contributed by atoms with Gasteiger partial charge in [-0.1, -0.05) is 115 Å². The quantitative estimate of drug-likeness (QED) is 0.150. The minimum Gasteiger partial charge on any atom is -0.304 e. The van der Waals surface area contributed by atoms with Crippen molar-refractivity contribution in [3.63, 3.8) is 0 Å². The van der Waals surface area contributed by atoms with Crippen molar-refractivity contribution in [3.8, 4) is 22.3 Å². The highest BCUT2D eigenvalue weighted by atomic mass is 31.2. The molecule has 7 heteroatoms. The van der Waals surface area contributed by atoms with Crippen molar-refractivity contribution in [2.75, 3.05) is 27.3 Å². The fourth-order valence-electron chi connectivity index (χ4n) is 6.33. The van der Waals surface area contributed by atoms with E-state index in [1.807, 2.05) is 149 Å². The summed E-state index contributed by atoms with van der Waals surface area (Å²) in [5.74, 6) is -0.781. The lowest BCUT2D eigenvalue weighted by molar-refractivity contribution is -0.121. The molecule has 0 spiro atoms. The number of nitrogens with zero attached hydrogens (tertiary/aromatic N) is 3. The second-order valence-corrected chi connectivity index (χ2v) is 13.5. The van der Waals surface area contributed by atoms with Crippen LogP contribution in [0.4, 0.5) is 17.1 Å². The number of anilines is 3. The standard InChI is InChI=1S/C36H30N3O3P/c40-34-26-33(43(42)37(29-18-9-3-10-19-29)24-25-38(43)30-20-11-4-12-21-30)36(41)39(34)35-31(27-14-5-1-6-15-27)22-13-23-32(35)28-16-7-2-8-17-28/h1-23,33H,24-26H2. The van der Waals surface area contributed by atoms with Crippen LogP contribution in [0.3, 0.4) is 0 Å². The summed E-state index contributed by atoms with van der Waals surface area (Å²) < 4.78 is 19.3. The van der Waals surface area contributed by atoms with E-state index in [1.165, 1.54) is 4.90 Å². The Balaban J connectivity index is 1.39. The summed E-state index contributed by atoms with van der Waals surface area (Å²) in [5, 5.41) is 0. The molecule has 0 radical (unpaired) electrons. The average molecular weight is 584 g/mol. The van der Waals surface area contributed by atoms with Crippen LogP contribution < -0.4 is 14.2 Å². The van der Waals surface area contributed by atoms with E-state index in [-0.39, 0.29) is 12.3 Å². The summed E-state index contributed by atoms with van der Waals surface area (Å²) in [7, 11) is -3.65. The predicted octanol–water partition coefficient (Wildman–Crippen LogP) is 7.87. The number of rotatable bonds is 6. The largest absolute Gasteiger partial charge is 0.304 e. The lowest BCUT2D eigenvalue weighted by Gasteiger charge is -2.35. The second-order valence-electron chi connectivity index (χ2n) is 10.7. The first-order chi connectivity index (χ1) is 21.1. The van der Waals surface area contributed by atoms with Crippen LogP contribution in [0.15, 0.2) is 140 Å². The van der Waals surface area contributed by atoms with Crippen molar-refractivity contribution in [3.05, 3.63) is 140 Å². The fourth-order valence-corrected chi connectivity index (χ4v) is 9.74. The van der Waals surface area contributed by atoms with Gasteiger partial charge in [0.2, 0.25) is 11.8 Å². The van der Waals surface area contributed by atoms with Crippen molar-refractivity contribution in [1.29, 1.82) is 0 Å². The Morgan fingerprint density at radius 3 is 1.40 bits per heavy atom. The van der Waals surface area contributed by atoms with Gasteiger partial charge in [-0.05, 0) is 35.4 Å². The molecule has 1 atom stereocenters. The molecule has 2 fully saturated rings. The van der Waals surface area contributed by atoms with E-state index in [1.54, 1.807) is 0 Å². The summed E-state index contributed by atoms with van der Waals surface area (Å²) in [5.41, 5.74) is 4.38. The van der Waals surface area contributed by atoms with Crippen LogP contribution in [0.2, 0.25) is 0 Å². The summed E-state index contributed by atoms with van der Waals surface area (Å²) in [6.45, 7) is 0.952. The Morgan fingerprint density at radius 2 is 0.953 bits per heavy atom. The van der Waals surface area contributed by atoms with Crippen molar-refractivity contribution >= 4 is 36.3 Å². The van der Waals surface area contributed by atoms with Crippen LogP contribution in [-0.2, 0) is 14.2 Å². The Hall–Kier alpha value is -4.93. The molecule has 2 aliphatic rings. The molecule has 7 rings (SSSR count). The molecule has 0 saturated carbocycles. The molecule has 212 valence electrons. The molecule has 0 aromatic heterocycles. The van der Waals surface area contributed by atoms with E-state index in [9.17, 15) is 9.59 Å². The number of hydrogen-bond donors (Lipinski definition) is 0. The third kappa shape index (κ3) is 4.55. The average Bonchev–Trinajstić information content (AvgIpc) is 3.58. The molecule has 2 heterocycles. The number of hydrogen-bond acceptors (Lipinski definition) is 3. The third-order valence-corrected chi connectivity index (χ3v) is 11.7. The Bertz CT molecular complexity index is 1720. The molecule has 0 N–H and O–H groups in total. The molecule has 1 unspecified atom stereocenters. The molecule has 0 bridgehead atoms. The van der Waals surface area contributed by atoms with Crippen molar-refractivity contribution in [2.24, 2.45) is 0 Å². The minimum atomic E-state index is -3.65. The van der Waals surface area contributed by atoms with Crippen LogP contribution in [0.1, 0.15) is 6.42 Å². The van der Waals surface area contributed by atoms with Gasteiger partial charge in [0.25, 0.3) is 7.44 Å². The zero-order valence-corrected chi connectivity index (χ0v) is 24.4. The van der Waals surface area contributed by atoms with Crippen LogP contribution in [0.5, 0.6) is 0 Å². The summed E-state index contributed by atoms with van der Waals surface area (Å²) in [6.07, 6.45) is -0.139. The minimum absolute atomic E-state index is 0.139. The van der Waals surface area contributed by atoms with E-state index < -0.39 is 19.0 Å². The topological polar surface area (TPSA) is 60.9 Å². The van der Waals surface area contributed by atoms with E-state index in [0.717, 1.165) is 33.6 Å². The lowest BCUT2D eigenvalue weighted by atomic mass is 9.95. The van der Waals surface area contributed by atoms with Crippen LogP contribution >= 0.6 is 7.44 Å². The normalized spacial score (nSPS) is 18.0. The molecule has 2 aliphatic heterocycles. The summed E-state index contributed by atoms with van der Waals surface area (Å²) in [6, 6.07) is 44.5. The van der Waals surface area contributed by atoms with Gasteiger partial charge in [-0.15, -0.1) is 0 Å². The molecule has 2 saturated heterocycles. The number of benzene rings is 5.